The molecule has 3 aliphatic carbocycles. The number of benzene rings is 2. The third-order valence-electron chi connectivity index (χ3n) is 9.22. The van der Waals surface area contributed by atoms with Crippen LogP contribution < -0.4 is 20.1 Å². The molecular weight excluding hydrogens is 631 g/mol. The van der Waals surface area contributed by atoms with Crippen LogP contribution in [0, 0.1) is 35.0 Å². The molecule has 2 amide bonds. The molecule has 0 aromatic heterocycles. The number of methoxy groups -OCH3 is 1. The van der Waals surface area contributed by atoms with Gasteiger partial charge >= 0.3 is 11.5 Å². The van der Waals surface area contributed by atoms with Gasteiger partial charge in [-0.05, 0) is 81.0 Å². The molecule has 46 heavy (non-hydrogen) atoms. The Morgan fingerprint density at radius 1 is 1.00 bits per heavy atom. The van der Waals surface area contributed by atoms with E-state index in [9.17, 15) is 46.3 Å². The van der Waals surface area contributed by atoms with Gasteiger partial charge in [0.1, 0.15) is 17.6 Å². The van der Waals surface area contributed by atoms with Gasteiger partial charge in [0.2, 0.25) is 5.91 Å². The Labute approximate surface area is 263 Å². The van der Waals surface area contributed by atoms with E-state index < -0.39 is 55.9 Å². The molecule has 0 heterocycles. The lowest BCUT2D eigenvalue weighted by molar-refractivity contribution is -0.143. The average molecular weight is 664 g/mol. The summed E-state index contributed by atoms with van der Waals surface area (Å²) in [5.74, 6) is -3.14. The van der Waals surface area contributed by atoms with Crippen LogP contribution in [0.15, 0.2) is 41.3 Å². The molecule has 5 rings (SSSR count). The fourth-order valence-corrected chi connectivity index (χ4v) is 7.71. The summed E-state index contributed by atoms with van der Waals surface area (Å²) in [7, 11) is -4.29. The Morgan fingerprint density at radius 3 is 2.33 bits per heavy atom. The minimum Gasteiger partial charge on any atom is -0.496 e. The molecule has 2 bridgehead atoms. The number of rotatable bonds is 9. The van der Waals surface area contributed by atoms with E-state index in [1.54, 1.807) is 0 Å². The van der Waals surface area contributed by atoms with E-state index in [4.69, 9.17) is 9.47 Å². The zero-order chi connectivity index (χ0) is 33.4. The summed E-state index contributed by atoms with van der Waals surface area (Å²) >= 11 is 0. The van der Waals surface area contributed by atoms with E-state index >= 15 is 0 Å². The van der Waals surface area contributed by atoms with E-state index in [2.05, 4.69) is 10.6 Å². The van der Waals surface area contributed by atoms with Gasteiger partial charge in [-0.25, -0.2) is 8.42 Å². The Balaban J connectivity index is 1.34. The molecule has 0 radical (unpaired) electrons. The summed E-state index contributed by atoms with van der Waals surface area (Å²) < 4.78 is 74.5. The number of carbonyl (C=O) groups excluding carboxylic acids is 2. The highest BCUT2D eigenvalue weighted by Gasteiger charge is 2.52. The number of alkyl halides is 3. The molecule has 2 aromatic rings. The number of carbonyl (C=O) groups is 3. The van der Waals surface area contributed by atoms with Gasteiger partial charge in [-0.2, -0.15) is 18.4 Å². The normalized spacial score (nSPS) is 25.7. The highest BCUT2D eigenvalue weighted by Crippen LogP contribution is 2.49. The third-order valence-corrected chi connectivity index (χ3v) is 10.7. The van der Waals surface area contributed by atoms with Gasteiger partial charge in [0.15, 0.2) is 0 Å². The number of carboxylic acid groups (broad SMARTS) is 1. The summed E-state index contributed by atoms with van der Waals surface area (Å²) in [6.07, 6.45) is 3.50. The van der Waals surface area contributed by atoms with Crippen molar-refractivity contribution in [1.29, 1.82) is 5.26 Å². The number of halogens is 3. The van der Waals surface area contributed by atoms with Gasteiger partial charge in [-0.3, -0.25) is 14.4 Å². The highest BCUT2D eigenvalue weighted by atomic mass is 32.2. The number of nitriles is 1. The van der Waals surface area contributed by atoms with Crippen LogP contribution in [-0.4, -0.2) is 56.1 Å². The fraction of sp³-hybridized carbons (Fsp3) is 0.484. The number of fused-ring (bicyclic) bond motifs is 2. The number of sulfone groups is 1. The maximum absolute atomic E-state index is 13.7. The molecule has 3 fully saturated rings. The summed E-state index contributed by atoms with van der Waals surface area (Å²) in [6.45, 7) is 0. The van der Waals surface area contributed by atoms with E-state index in [1.165, 1.54) is 25.3 Å². The molecule has 0 saturated heterocycles. The molecule has 246 valence electrons. The van der Waals surface area contributed by atoms with Crippen LogP contribution >= 0.6 is 0 Å². The second kappa shape index (κ2) is 12.8. The van der Waals surface area contributed by atoms with Gasteiger partial charge in [0.05, 0.1) is 41.1 Å². The van der Waals surface area contributed by atoms with E-state index in [0.29, 0.717) is 38.5 Å². The molecule has 4 atom stereocenters. The Hall–Kier alpha value is -4.32. The Kier molecular flexibility index (Phi) is 9.21. The van der Waals surface area contributed by atoms with E-state index in [1.807, 2.05) is 6.07 Å². The minimum atomic E-state index is -5.62. The minimum absolute atomic E-state index is 0.0499. The molecule has 3 N–H and O–H groups in total. The fourth-order valence-electron chi connectivity index (χ4n) is 6.90. The lowest BCUT2D eigenvalue weighted by Gasteiger charge is -2.31. The summed E-state index contributed by atoms with van der Waals surface area (Å²) in [5.41, 5.74) is -5.45. The standard InChI is InChI=1S/C31H32F3N3O8S/c1-44-25-12-19(15-35)24(45-21-9-7-16(8-10-21)30(40)41)14-23(25)28(38)37-27-18-6-5-17(11-18)26(27)29(39)36-20-3-2-4-22(13-20)46(42,43)31(32,33)34/h2-4,12-14,16-18,21,26-27H,5-11H2,1H3,(H,36,39)(H,37,38)(H,40,41). The number of hydrogen-bond donors (Lipinski definition) is 3. The van der Waals surface area contributed by atoms with Crippen molar-refractivity contribution in [2.75, 3.05) is 12.4 Å². The van der Waals surface area contributed by atoms with Crippen molar-refractivity contribution in [1.82, 2.24) is 5.32 Å². The van der Waals surface area contributed by atoms with Crippen molar-refractivity contribution >= 4 is 33.3 Å². The first-order chi connectivity index (χ1) is 21.7. The van der Waals surface area contributed by atoms with Gasteiger partial charge in [-0.1, -0.05) is 6.07 Å². The number of nitrogens with one attached hydrogen (secondary N) is 2. The van der Waals surface area contributed by atoms with Crippen LogP contribution in [0.3, 0.4) is 0 Å². The zero-order valence-electron chi connectivity index (χ0n) is 24.7. The molecular formula is C31H32F3N3O8S. The SMILES string of the molecule is COc1cc(C#N)c(OC2CCC(C(=O)O)CC2)cc1C(=O)NC1C2CCC(C2)C1C(=O)Nc1cccc(S(=O)(=O)C(F)(F)F)c1. The number of carboxylic acids is 1. The number of ether oxygens (including phenoxy) is 2. The van der Waals surface area contributed by atoms with Crippen LogP contribution in [0.1, 0.15) is 60.9 Å². The lowest BCUT2D eigenvalue weighted by Crippen LogP contribution is -2.48. The second-order valence-electron chi connectivity index (χ2n) is 11.9. The van der Waals surface area contributed by atoms with Crippen molar-refractivity contribution in [2.24, 2.45) is 23.7 Å². The smallest absolute Gasteiger partial charge is 0.496 e. The Bertz CT molecular complexity index is 1680. The quantitative estimate of drug-likeness (QED) is 0.345. The van der Waals surface area contributed by atoms with Gasteiger partial charge in [-0.15, -0.1) is 0 Å². The topological polar surface area (TPSA) is 172 Å². The van der Waals surface area contributed by atoms with Crippen molar-refractivity contribution in [2.45, 2.75) is 67.5 Å². The predicted molar refractivity (Wildman–Crippen MR) is 156 cm³/mol. The van der Waals surface area contributed by atoms with Crippen LogP contribution in [-0.2, 0) is 19.4 Å². The van der Waals surface area contributed by atoms with Crippen molar-refractivity contribution in [3.63, 3.8) is 0 Å². The first-order valence-corrected chi connectivity index (χ1v) is 16.3. The van der Waals surface area contributed by atoms with Crippen LogP contribution in [0.25, 0.3) is 0 Å². The predicted octanol–water partition coefficient (Wildman–Crippen LogP) is 4.67. The number of hydrogen-bond acceptors (Lipinski definition) is 8. The molecule has 2 aromatic carbocycles. The zero-order valence-corrected chi connectivity index (χ0v) is 25.5. The van der Waals surface area contributed by atoms with Crippen LogP contribution in [0.2, 0.25) is 0 Å². The first kappa shape index (κ1) is 33.1. The summed E-state index contributed by atoms with van der Waals surface area (Å²) in [6, 6.07) is 8.09. The van der Waals surface area contributed by atoms with Crippen molar-refractivity contribution < 1.29 is 50.6 Å². The maximum Gasteiger partial charge on any atom is 0.501 e. The highest BCUT2D eigenvalue weighted by molar-refractivity contribution is 7.92. The van der Waals surface area contributed by atoms with E-state index in [0.717, 1.165) is 24.6 Å². The Morgan fingerprint density at radius 2 is 1.70 bits per heavy atom. The molecule has 0 aliphatic heterocycles. The van der Waals surface area contributed by atoms with Crippen molar-refractivity contribution in [3.05, 3.63) is 47.5 Å². The lowest BCUT2D eigenvalue weighted by atomic mass is 9.83. The van der Waals surface area contributed by atoms with Crippen LogP contribution in [0.4, 0.5) is 18.9 Å². The largest absolute Gasteiger partial charge is 0.501 e. The number of amides is 2. The molecule has 11 nitrogen and oxygen atoms in total. The van der Waals surface area contributed by atoms with Crippen molar-refractivity contribution in [3.8, 4) is 17.6 Å². The summed E-state index contributed by atoms with van der Waals surface area (Å²) in [4.78, 5) is 37.5. The van der Waals surface area contributed by atoms with Crippen LogP contribution in [0.5, 0.6) is 11.5 Å². The molecule has 3 saturated carbocycles. The average Bonchev–Trinajstić information content (AvgIpc) is 3.63. The summed E-state index contributed by atoms with van der Waals surface area (Å²) in [5, 5.41) is 24.5. The first-order valence-electron chi connectivity index (χ1n) is 14.8. The monoisotopic (exact) mass is 663 g/mol. The third kappa shape index (κ3) is 6.48. The number of aliphatic carboxylic acids is 1. The molecule has 3 aliphatic rings. The molecule has 15 heteroatoms. The second-order valence-corrected chi connectivity index (χ2v) is 13.9. The molecule has 0 spiro atoms. The molecule has 4 unspecified atom stereocenters. The maximum atomic E-state index is 13.7. The van der Waals surface area contributed by atoms with Gasteiger partial charge in [0.25, 0.3) is 15.7 Å². The van der Waals surface area contributed by atoms with E-state index in [-0.39, 0.29) is 46.3 Å². The number of nitrogens with zero attached hydrogens (tertiary/aromatic N) is 1. The number of anilines is 1. The van der Waals surface area contributed by atoms with Gasteiger partial charge in [0, 0.05) is 17.8 Å². The van der Waals surface area contributed by atoms with Gasteiger partial charge < -0.3 is 25.2 Å².